The Kier molecular flexibility index (Phi) is 2.49. The molecule has 0 radical (unpaired) electrons. The number of nitrogens with one attached hydrogen (secondary N) is 2. The molecule has 0 aliphatic carbocycles. The Morgan fingerprint density at radius 1 is 0.900 bits per heavy atom. The number of H-pyrrole nitrogens is 2. The number of aromatic nitrogens is 5. The summed E-state index contributed by atoms with van der Waals surface area (Å²) in [5.74, 6) is -10.3. The van der Waals surface area contributed by atoms with E-state index in [1.54, 1.807) is 0 Å². The smallest absolute Gasteiger partial charge is 0.228 e. The molecule has 0 unspecified atom stereocenters. The molecule has 0 fully saturated rings. The summed E-state index contributed by atoms with van der Waals surface area (Å²) in [5.41, 5.74) is -1.11. The number of nitrogens with zero attached hydrogens (tertiary/aromatic N) is 3. The quantitative estimate of drug-likeness (QED) is 0.309. The average Bonchev–Trinajstić information content (AvgIpc) is 2.94. The molecule has 3 rings (SSSR count). The molecule has 3 aromatic rings. The van der Waals surface area contributed by atoms with Crippen LogP contribution in [-0.2, 0) is 0 Å². The van der Waals surface area contributed by atoms with Gasteiger partial charge in [0, 0.05) is 12.0 Å². The van der Waals surface area contributed by atoms with Crippen molar-refractivity contribution in [3.63, 3.8) is 0 Å². The van der Waals surface area contributed by atoms with Crippen LogP contribution in [-0.4, -0.2) is 20.3 Å². The van der Waals surface area contributed by atoms with E-state index in [1.807, 2.05) is 0 Å². The maximum Gasteiger partial charge on any atom is 0.437 e. The van der Waals surface area contributed by atoms with E-state index in [0.717, 1.165) is 4.52 Å². The van der Waals surface area contributed by atoms with Crippen LogP contribution in [0, 0.1) is 36.0 Å². The lowest BCUT2D eigenvalue weighted by Crippen LogP contribution is -2.25. The second-order valence-electron chi connectivity index (χ2n) is 3.96. The number of fused-ring (bicyclic) bond motifs is 1. The summed E-state index contributed by atoms with van der Waals surface area (Å²) >= 11 is 0. The van der Waals surface area contributed by atoms with Crippen molar-refractivity contribution in [2.24, 2.45) is 0 Å². The molecule has 0 spiro atoms. The van der Waals surface area contributed by atoms with Crippen molar-refractivity contribution in [1.82, 2.24) is 20.3 Å². The summed E-state index contributed by atoms with van der Waals surface area (Å²) in [6.45, 7) is 1.54. The van der Waals surface area contributed by atoms with Crippen LogP contribution < -0.4 is 4.52 Å². The van der Waals surface area contributed by atoms with Crippen LogP contribution in [0.5, 0.6) is 0 Å². The van der Waals surface area contributed by atoms with Crippen molar-refractivity contribution in [2.45, 2.75) is 6.92 Å². The van der Waals surface area contributed by atoms with E-state index in [0.29, 0.717) is 5.82 Å². The molecule has 0 saturated heterocycles. The van der Waals surface area contributed by atoms with Gasteiger partial charge in [-0.05, 0) is 0 Å². The molecule has 0 aliphatic heterocycles. The van der Waals surface area contributed by atoms with Crippen molar-refractivity contribution < 1.29 is 26.5 Å². The van der Waals surface area contributed by atoms with Gasteiger partial charge in [-0.25, -0.2) is 27.1 Å². The Labute approximate surface area is 107 Å². The number of hydrogen-bond donors (Lipinski definition) is 2. The Hall–Kier alpha value is -2.52. The maximum absolute atomic E-state index is 13.7. The lowest BCUT2D eigenvalue weighted by atomic mass is 10.1. The van der Waals surface area contributed by atoms with Crippen molar-refractivity contribution >= 4 is 5.78 Å². The van der Waals surface area contributed by atoms with Crippen LogP contribution in [0.2, 0.25) is 0 Å². The van der Waals surface area contributed by atoms with Gasteiger partial charge >= 0.3 is 5.78 Å². The maximum atomic E-state index is 13.7. The molecular formula is C10H5F5N5+. The first-order chi connectivity index (χ1) is 9.41. The summed E-state index contributed by atoms with van der Waals surface area (Å²) < 4.78 is 67.7. The zero-order valence-electron chi connectivity index (χ0n) is 9.73. The number of aryl methyl sites for hydroxylation is 1. The number of hydrogen-bond acceptors (Lipinski definition) is 2. The SMILES string of the molecule is Cc1nc2n[nH]c(-c3c(F)c(F)c(F)c(F)c3F)[n+]2[nH]1. The van der Waals surface area contributed by atoms with Crippen LogP contribution in [0.25, 0.3) is 17.2 Å². The minimum Gasteiger partial charge on any atom is -0.228 e. The molecule has 104 valence electrons. The third-order valence-corrected chi connectivity index (χ3v) is 2.67. The highest BCUT2D eigenvalue weighted by atomic mass is 19.2. The van der Waals surface area contributed by atoms with Crippen molar-refractivity contribution in [3.8, 4) is 11.4 Å². The van der Waals surface area contributed by atoms with Crippen molar-refractivity contribution in [1.29, 1.82) is 0 Å². The second-order valence-corrected chi connectivity index (χ2v) is 3.96. The third-order valence-electron chi connectivity index (χ3n) is 2.67. The van der Waals surface area contributed by atoms with Gasteiger partial charge in [-0.2, -0.15) is 0 Å². The molecule has 0 bridgehead atoms. The molecule has 10 heteroatoms. The van der Waals surface area contributed by atoms with Crippen LogP contribution in [0.4, 0.5) is 22.0 Å². The van der Waals surface area contributed by atoms with Gasteiger partial charge in [-0.3, -0.25) is 0 Å². The molecule has 0 amide bonds. The lowest BCUT2D eigenvalue weighted by Gasteiger charge is -2.04. The number of benzene rings is 1. The Balaban J connectivity index is 2.40. The zero-order chi connectivity index (χ0) is 14.6. The van der Waals surface area contributed by atoms with E-state index in [4.69, 9.17) is 0 Å². The first-order valence-electron chi connectivity index (χ1n) is 5.26. The van der Waals surface area contributed by atoms with E-state index >= 15 is 0 Å². The Morgan fingerprint density at radius 3 is 2.05 bits per heavy atom. The van der Waals surface area contributed by atoms with Crippen LogP contribution >= 0.6 is 0 Å². The average molecular weight is 290 g/mol. The molecular weight excluding hydrogens is 285 g/mol. The van der Waals surface area contributed by atoms with Gasteiger partial charge in [-0.1, -0.05) is 4.98 Å². The predicted octanol–water partition coefficient (Wildman–Crippen LogP) is 1.54. The van der Waals surface area contributed by atoms with Gasteiger partial charge in [0.2, 0.25) is 5.82 Å². The van der Waals surface area contributed by atoms with Gasteiger partial charge < -0.3 is 0 Å². The van der Waals surface area contributed by atoms with Gasteiger partial charge in [0.05, 0.1) is 0 Å². The standard InChI is InChI=1S/C10H4F5N5/c1-2-16-10-18-17-9(20(10)19-2)3-4(11)6(13)8(15)7(14)5(3)12/h1H3,(H,16,18,19)/p+1. The summed E-state index contributed by atoms with van der Waals surface area (Å²) in [6.07, 6.45) is 0. The van der Waals surface area contributed by atoms with Gasteiger partial charge in [0.25, 0.3) is 5.82 Å². The second kappa shape index (κ2) is 3.99. The minimum atomic E-state index is -2.22. The minimum absolute atomic E-state index is 0.00133. The Morgan fingerprint density at radius 2 is 1.45 bits per heavy atom. The molecule has 20 heavy (non-hydrogen) atoms. The Bertz CT molecular complexity index is 807. The topological polar surface area (TPSA) is 61.5 Å². The van der Waals surface area contributed by atoms with Crippen LogP contribution in [0.1, 0.15) is 5.82 Å². The predicted molar refractivity (Wildman–Crippen MR) is 53.9 cm³/mol. The molecule has 2 heterocycles. The lowest BCUT2D eigenvalue weighted by molar-refractivity contribution is -0.566. The molecule has 5 nitrogen and oxygen atoms in total. The third kappa shape index (κ3) is 1.50. The van der Waals surface area contributed by atoms with Crippen molar-refractivity contribution in [2.75, 3.05) is 0 Å². The fraction of sp³-hybridized carbons (Fsp3) is 0.100. The summed E-state index contributed by atoms with van der Waals surface area (Å²) in [7, 11) is 0. The van der Waals surface area contributed by atoms with Crippen LogP contribution in [0.15, 0.2) is 0 Å². The van der Waals surface area contributed by atoms with E-state index in [9.17, 15) is 22.0 Å². The molecule has 0 atom stereocenters. The monoisotopic (exact) mass is 290 g/mol. The molecule has 0 saturated carbocycles. The van der Waals surface area contributed by atoms with E-state index in [1.165, 1.54) is 6.92 Å². The number of halogens is 5. The van der Waals surface area contributed by atoms with E-state index in [-0.39, 0.29) is 5.78 Å². The highest BCUT2D eigenvalue weighted by Gasteiger charge is 2.32. The molecule has 2 N–H and O–H groups in total. The summed E-state index contributed by atoms with van der Waals surface area (Å²) in [5, 5.41) is 8.33. The zero-order valence-corrected chi connectivity index (χ0v) is 9.73. The summed E-state index contributed by atoms with van der Waals surface area (Å²) in [6, 6.07) is 0. The normalized spacial score (nSPS) is 11.5. The van der Waals surface area contributed by atoms with E-state index in [2.05, 4.69) is 20.3 Å². The van der Waals surface area contributed by atoms with E-state index < -0.39 is 40.5 Å². The molecule has 0 aliphatic rings. The molecule has 1 aromatic carbocycles. The fourth-order valence-electron chi connectivity index (χ4n) is 1.80. The first kappa shape index (κ1) is 12.5. The highest BCUT2D eigenvalue weighted by Crippen LogP contribution is 2.28. The fourth-order valence-corrected chi connectivity index (χ4v) is 1.80. The highest BCUT2D eigenvalue weighted by molar-refractivity contribution is 5.55. The van der Waals surface area contributed by atoms with Gasteiger partial charge in [0.15, 0.2) is 29.1 Å². The van der Waals surface area contributed by atoms with Crippen molar-refractivity contribution in [3.05, 3.63) is 34.9 Å². The number of rotatable bonds is 1. The number of aromatic amines is 2. The largest absolute Gasteiger partial charge is 0.437 e. The molecule has 2 aromatic heterocycles. The summed E-state index contributed by atoms with van der Waals surface area (Å²) in [4.78, 5) is 3.84. The van der Waals surface area contributed by atoms with Crippen LogP contribution in [0.3, 0.4) is 0 Å². The van der Waals surface area contributed by atoms with Gasteiger partial charge in [-0.15, -0.1) is 9.61 Å². The first-order valence-corrected chi connectivity index (χ1v) is 5.26. The van der Waals surface area contributed by atoms with Gasteiger partial charge in [0.1, 0.15) is 5.56 Å².